The van der Waals surface area contributed by atoms with Gasteiger partial charge in [-0.05, 0) is 25.7 Å². The van der Waals surface area contributed by atoms with Crippen molar-refractivity contribution in [3.05, 3.63) is 23.5 Å². The highest BCUT2D eigenvalue weighted by molar-refractivity contribution is 7.91. The van der Waals surface area contributed by atoms with Crippen molar-refractivity contribution in [2.24, 2.45) is 4.99 Å². The lowest BCUT2D eigenvalue weighted by Crippen LogP contribution is -2.47. The lowest BCUT2D eigenvalue weighted by molar-refractivity contribution is -0.138. The SMILES string of the molecule is CS(=O)(=O)c1c(C2C[C@H]3CC[C@@H](C2)N3C(=O)CO)nc2c(C3=CCN=C3)cnn2c1N. The number of nitrogens with zero attached hydrogens (tertiary/aromatic N) is 5. The lowest BCUT2D eigenvalue weighted by Gasteiger charge is -2.39. The standard InChI is InChI=1S/C20H24N6O4S/c1-31(29,30)18-17(12-6-13-2-3-14(7-12)25(13)16(28)10-27)24-20-15(11-4-5-22-8-11)9-23-26(20)19(18)21/h4,8-9,12-14,27H,2-3,5-7,10,21H2,1H3/t12?,13-,14+. The van der Waals surface area contributed by atoms with Gasteiger partial charge < -0.3 is 15.7 Å². The molecule has 2 saturated heterocycles. The van der Waals surface area contributed by atoms with Gasteiger partial charge in [0, 0.05) is 41.6 Å². The Balaban J connectivity index is 1.65. The Labute approximate surface area is 179 Å². The van der Waals surface area contributed by atoms with Gasteiger partial charge in [0.05, 0.1) is 18.4 Å². The van der Waals surface area contributed by atoms with Crippen molar-refractivity contribution in [2.45, 2.75) is 48.6 Å². The van der Waals surface area contributed by atoms with E-state index in [-0.39, 0.29) is 34.6 Å². The van der Waals surface area contributed by atoms with E-state index in [4.69, 9.17) is 10.7 Å². The fourth-order valence-corrected chi connectivity index (χ4v) is 6.36. The van der Waals surface area contributed by atoms with Crippen molar-refractivity contribution < 1.29 is 18.3 Å². The average molecular weight is 445 g/mol. The number of aliphatic hydroxyl groups is 1. The number of nitrogens with two attached hydrogens (primary N) is 1. The Hall–Kier alpha value is -2.79. The number of piperidine rings is 1. The molecule has 5 rings (SSSR count). The summed E-state index contributed by atoms with van der Waals surface area (Å²) in [6, 6.07) is -0.0757. The number of aliphatic imine (C=N–C) groups is 1. The number of hydrogen-bond acceptors (Lipinski definition) is 8. The molecule has 1 amide bonds. The van der Waals surface area contributed by atoms with Gasteiger partial charge in [-0.3, -0.25) is 9.79 Å². The molecule has 0 aliphatic carbocycles. The van der Waals surface area contributed by atoms with Gasteiger partial charge in [0.15, 0.2) is 15.5 Å². The van der Waals surface area contributed by atoms with Crippen LogP contribution < -0.4 is 5.73 Å². The molecule has 2 bridgehead atoms. The minimum Gasteiger partial charge on any atom is -0.387 e. The molecule has 0 radical (unpaired) electrons. The second-order valence-electron chi connectivity index (χ2n) is 8.44. The molecule has 0 aromatic carbocycles. The van der Waals surface area contributed by atoms with Crippen molar-refractivity contribution in [3.8, 4) is 0 Å². The van der Waals surface area contributed by atoms with Gasteiger partial charge in [0.25, 0.3) is 0 Å². The molecule has 3 atom stereocenters. The second-order valence-corrected chi connectivity index (χ2v) is 10.4. The molecule has 10 nitrogen and oxygen atoms in total. The van der Waals surface area contributed by atoms with Crippen LogP contribution in [-0.2, 0) is 14.6 Å². The van der Waals surface area contributed by atoms with Crippen LogP contribution >= 0.6 is 0 Å². The molecular formula is C20H24N6O4S. The summed E-state index contributed by atoms with van der Waals surface area (Å²) in [5, 5.41) is 13.6. The first-order valence-electron chi connectivity index (χ1n) is 10.3. The van der Waals surface area contributed by atoms with E-state index >= 15 is 0 Å². The molecular weight excluding hydrogens is 420 g/mol. The van der Waals surface area contributed by atoms with Gasteiger partial charge in [0.1, 0.15) is 17.3 Å². The second kappa shape index (κ2) is 7.13. The molecule has 3 aliphatic rings. The Morgan fingerprint density at radius 2 is 2.00 bits per heavy atom. The summed E-state index contributed by atoms with van der Waals surface area (Å²) in [6.45, 7) is 0.0659. The number of amides is 1. The van der Waals surface area contributed by atoms with Crippen LogP contribution in [0, 0.1) is 0 Å². The highest BCUT2D eigenvalue weighted by Gasteiger charge is 2.45. The number of nitrogen functional groups attached to an aromatic ring is 1. The summed E-state index contributed by atoms with van der Waals surface area (Å²) in [4.78, 5) is 23.0. The predicted molar refractivity (Wildman–Crippen MR) is 115 cm³/mol. The van der Waals surface area contributed by atoms with Crippen LogP contribution in [0.25, 0.3) is 11.2 Å². The van der Waals surface area contributed by atoms with E-state index in [1.165, 1.54) is 4.52 Å². The summed E-state index contributed by atoms with van der Waals surface area (Å²) in [5.74, 6) is -0.389. The van der Waals surface area contributed by atoms with E-state index in [0.717, 1.165) is 30.2 Å². The largest absolute Gasteiger partial charge is 0.387 e. The third-order valence-electron chi connectivity index (χ3n) is 6.54. The van der Waals surface area contributed by atoms with Crippen molar-refractivity contribution >= 4 is 39.0 Å². The maximum atomic E-state index is 12.7. The fourth-order valence-electron chi connectivity index (χ4n) is 5.30. The van der Waals surface area contributed by atoms with Crippen LogP contribution in [0.4, 0.5) is 5.82 Å². The number of aromatic nitrogens is 3. The van der Waals surface area contributed by atoms with Gasteiger partial charge in [-0.2, -0.15) is 9.61 Å². The number of anilines is 1. The van der Waals surface area contributed by atoms with Crippen LogP contribution in [0.5, 0.6) is 0 Å². The highest BCUT2D eigenvalue weighted by Crippen LogP contribution is 2.45. The minimum atomic E-state index is -3.67. The average Bonchev–Trinajstić information content (AvgIpc) is 3.44. The zero-order valence-corrected chi connectivity index (χ0v) is 17.9. The first-order chi connectivity index (χ1) is 14.8. The van der Waals surface area contributed by atoms with Gasteiger partial charge in [0.2, 0.25) is 5.91 Å². The zero-order valence-electron chi connectivity index (χ0n) is 17.1. The number of carbonyl (C=O) groups is 1. The van der Waals surface area contributed by atoms with E-state index in [2.05, 4.69) is 10.1 Å². The number of hydrogen-bond donors (Lipinski definition) is 2. The Morgan fingerprint density at radius 1 is 1.29 bits per heavy atom. The zero-order chi connectivity index (χ0) is 21.9. The minimum absolute atomic E-state index is 0.00931. The van der Waals surface area contributed by atoms with Crippen molar-refractivity contribution in [1.82, 2.24) is 19.5 Å². The predicted octanol–water partition coefficient (Wildman–Crippen LogP) is 0.412. The van der Waals surface area contributed by atoms with Crippen LogP contribution in [-0.4, -0.2) is 76.6 Å². The summed E-state index contributed by atoms with van der Waals surface area (Å²) in [6.07, 6.45) is 9.30. The van der Waals surface area contributed by atoms with E-state index in [9.17, 15) is 18.3 Å². The highest BCUT2D eigenvalue weighted by atomic mass is 32.2. The maximum absolute atomic E-state index is 12.7. The third-order valence-corrected chi connectivity index (χ3v) is 7.70. The van der Waals surface area contributed by atoms with Gasteiger partial charge >= 0.3 is 0 Å². The number of rotatable bonds is 4. The number of fused-ring (bicyclic) bond motifs is 3. The maximum Gasteiger partial charge on any atom is 0.248 e. The number of aliphatic hydroxyl groups excluding tert-OH is 1. The molecule has 3 aliphatic heterocycles. The molecule has 0 saturated carbocycles. The van der Waals surface area contributed by atoms with E-state index in [1.54, 1.807) is 17.3 Å². The summed E-state index contributed by atoms with van der Waals surface area (Å²) in [7, 11) is -3.67. The lowest BCUT2D eigenvalue weighted by atomic mass is 9.87. The van der Waals surface area contributed by atoms with Crippen LogP contribution in [0.1, 0.15) is 42.9 Å². The van der Waals surface area contributed by atoms with Crippen molar-refractivity contribution in [2.75, 3.05) is 25.1 Å². The first kappa shape index (κ1) is 20.1. The molecule has 2 aromatic rings. The monoisotopic (exact) mass is 444 g/mol. The van der Waals surface area contributed by atoms with Crippen LogP contribution in [0.2, 0.25) is 0 Å². The van der Waals surface area contributed by atoms with Crippen molar-refractivity contribution in [3.63, 3.8) is 0 Å². The van der Waals surface area contributed by atoms with E-state index in [0.29, 0.717) is 30.7 Å². The van der Waals surface area contributed by atoms with E-state index in [1.807, 2.05) is 6.08 Å². The molecule has 2 fully saturated rings. The smallest absolute Gasteiger partial charge is 0.248 e. The third kappa shape index (κ3) is 3.14. The molecule has 0 spiro atoms. The van der Waals surface area contributed by atoms with E-state index < -0.39 is 16.4 Å². The molecule has 5 heterocycles. The van der Waals surface area contributed by atoms with Gasteiger partial charge in [-0.1, -0.05) is 6.08 Å². The van der Waals surface area contributed by atoms with Gasteiger partial charge in [-0.15, -0.1) is 0 Å². The molecule has 3 N–H and O–H groups in total. The Morgan fingerprint density at radius 3 is 2.58 bits per heavy atom. The molecule has 31 heavy (non-hydrogen) atoms. The summed E-state index contributed by atoms with van der Waals surface area (Å²) in [5.41, 5.74) is 8.91. The molecule has 1 unspecified atom stereocenters. The topological polar surface area (TPSA) is 143 Å². The molecule has 2 aromatic heterocycles. The van der Waals surface area contributed by atoms with Crippen LogP contribution in [0.3, 0.4) is 0 Å². The summed E-state index contributed by atoms with van der Waals surface area (Å²) < 4.78 is 26.8. The number of allylic oxidation sites excluding steroid dienone is 1. The van der Waals surface area contributed by atoms with Gasteiger partial charge in [-0.25, -0.2) is 13.4 Å². The molecule has 164 valence electrons. The quantitative estimate of drug-likeness (QED) is 0.695. The van der Waals surface area contributed by atoms with Crippen LogP contribution in [0.15, 0.2) is 22.2 Å². The Bertz CT molecular complexity index is 1230. The number of sulfone groups is 1. The Kier molecular flexibility index (Phi) is 4.63. The first-order valence-corrected chi connectivity index (χ1v) is 12.2. The normalized spacial score (nSPS) is 25.4. The number of carbonyl (C=O) groups excluding carboxylic acids is 1. The fraction of sp³-hybridized carbons (Fsp3) is 0.500. The summed E-state index contributed by atoms with van der Waals surface area (Å²) >= 11 is 0. The van der Waals surface area contributed by atoms with Crippen molar-refractivity contribution in [1.29, 1.82) is 0 Å². The molecule has 11 heteroatoms.